The summed E-state index contributed by atoms with van der Waals surface area (Å²) in [7, 11) is 0. The number of benzene rings is 2. The molecule has 3 aromatic rings. The van der Waals surface area contributed by atoms with E-state index in [1.165, 1.54) is 17.4 Å². The third-order valence-corrected chi connectivity index (χ3v) is 6.61. The lowest BCUT2D eigenvalue weighted by Crippen LogP contribution is -2.34. The molecule has 1 amide bonds. The SMILES string of the molecule is Cl.Cl.Nc1nc2cccc(C(=O)N3C[C@@H]4CNC[C@@H]4[C@@H]3c3cccc(F)c3)c2s1. The third kappa shape index (κ3) is 3.68. The van der Waals surface area contributed by atoms with E-state index in [0.717, 1.165) is 28.9 Å². The van der Waals surface area contributed by atoms with Crippen molar-refractivity contribution in [2.24, 2.45) is 11.8 Å². The van der Waals surface area contributed by atoms with E-state index in [0.29, 0.717) is 29.1 Å². The van der Waals surface area contributed by atoms with Gasteiger partial charge in [-0.3, -0.25) is 4.79 Å². The number of amides is 1. The molecule has 5 rings (SSSR count). The van der Waals surface area contributed by atoms with E-state index in [1.807, 2.05) is 29.2 Å². The second-order valence-corrected chi connectivity index (χ2v) is 8.28. The fourth-order valence-corrected chi connectivity index (χ4v) is 5.37. The lowest BCUT2D eigenvalue weighted by Gasteiger charge is -2.28. The smallest absolute Gasteiger partial charge is 0.255 e. The molecule has 0 bridgehead atoms. The molecule has 0 unspecified atom stereocenters. The van der Waals surface area contributed by atoms with E-state index >= 15 is 0 Å². The number of nitrogens with two attached hydrogens (primary N) is 1. The number of carbonyl (C=O) groups is 1. The van der Waals surface area contributed by atoms with Gasteiger partial charge < -0.3 is 16.0 Å². The molecule has 2 saturated heterocycles. The van der Waals surface area contributed by atoms with Gasteiger partial charge in [0.1, 0.15) is 5.82 Å². The predicted octanol–water partition coefficient (Wildman–Crippen LogP) is 3.89. The Balaban J connectivity index is 0.00000120. The minimum absolute atomic E-state index is 0. The van der Waals surface area contributed by atoms with Crippen LogP contribution in [0.4, 0.5) is 9.52 Å². The van der Waals surface area contributed by atoms with Gasteiger partial charge in [0.2, 0.25) is 0 Å². The number of fused-ring (bicyclic) bond motifs is 2. The van der Waals surface area contributed by atoms with Crippen molar-refractivity contribution in [1.29, 1.82) is 0 Å². The largest absolute Gasteiger partial charge is 0.375 e. The van der Waals surface area contributed by atoms with Gasteiger partial charge in [-0.2, -0.15) is 0 Å². The summed E-state index contributed by atoms with van der Waals surface area (Å²) in [6.45, 7) is 2.40. The van der Waals surface area contributed by atoms with E-state index in [4.69, 9.17) is 5.73 Å². The van der Waals surface area contributed by atoms with Crippen LogP contribution < -0.4 is 11.1 Å². The number of nitrogen functional groups attached to an aromatic ring is 1. The zero-order valence-corrected chi connectivity index (χ0v) is 17.8. The van der Waals surface area contributed by atoms with Crippen LogP contribution in [0.25, 0.3) is 10.2 Å². The van der Waals surface area contributed by atoms with Crippen LogP contribution in [0.5, 0.6) is 0 Å². The van der Waals surface area contributed by atoms with Gasteiger partial charge in [-0.05, 0) is 35.7 Å². The van der Waals surface area contributed by atoms with Crippen LogP contribution >= 0.6 is 36.2 Å². The number of anilines is 1. The van der Waals surface area contributed by atoms with Crippen LogP contribution in [-0.2, 0) is 0 Å². The molecule has 154 valence electrons. The summed E-state index contributed by atoms with van der Waals surface area (Å²) in [6, 6.07) is 12.0. The zero-order valence-electron chi connectivity index (χ0n) is 15.4. The van der Waals surface area contributed by atoms with Crippen molar-refractivity contribution in [3.63, 3.8) is 0 Å². The first kappa shape index (κ1) is 21.8. The second-order valence-electron chi connectivity index (χ2n) is 7.25. The van der Waals surface area contributed by atoms with Gasteiger partial charge >= 0.3 is 0 Å². The molecule has 0 saturated carbocycles. The van der Waals surface area contributed by atoms with Crippen LogP contribution in [0, 0.1) is 17.7 Å². The van der Waals surface area contributed by atoms with Gasteiger partial charge in [-0.15, -0.1) is 24.8 Å². The monoisotopic (exact) mass is 454 g/mol. The number of hydrogen-bond donors (Lipinski definition) is 2. The molecular weight excluding hydrogens is 434 g/mol. The molecule has 2 aromatic carbocycles. The van der Waals surface area contributed by atoms with Crippen molar-refractivity contribution >= 4 is 57.4 Å². The second kappa shape index (κ2) is 8.44. The number of nitrogens with zero attached hydrogens (tertiary/aromatic N) is 2. The summed E-state index contributed by atoms with van der Waals surface area (Å²) in [5, 5.41) is 3.87. The minimum atomic E-state index is -0.272. The van der Waals surface area contributed by atoms with Crippen molar-refractivity contribution < 1.29 is 9.18 Å². The first-order valence-corrected chi connectivity index (χ1v) is 9.85. The average Bonchev–Trinajstić information content (AvgIpc) is 3.33. The number of nitrogens with one attached hydrogen (secondary N) is 1. The van der Waals surface area contributed by atoms with Gasteiger partial charge in [-0.25, -0.2) is 9.37 Å². The highest BCUT2D eigenvalue weighted by Gasteiger charge is 2.47. The van der Waals surface area contributed by atoms with Gasteiger partial charge in [0.25, 0.3) is 5.91 Å². The quantitative estimate of drug-likeness (QED) is 0.615. The first-order valence-electron chi connectivity index (χ1n) is 9.04. The van der Waals surface area contributed by atoms with E-state index in [-0.39, 0.29) is 42.6 Å². The molecular formula is C20H21Cl2FN4OS. The molecule has 0 radical (unpaired) electrons. The average molecular weight is 455 g/mol. The normalized spacial score (nSPS) is 22.8. The van der Waals surface area contributed by atoms with Crippen LogP contribution in [0.15, 0.2) is 42.5 Å². The lowest BCUT2D eigenvalue weighted by molar-refractivity contribution is 0.0716. The number of likely N-dealkylation sites (tertiary alicyclic amines) is 1. The molecule has 1 aromatic heterocycles. The van der Waals surface area contributed by atoms with E-state index in [9.17, 15) is 9.18 Å². The highest BCUT2D eigenvalue weighted by atomic mass is 35.5. The predicted molar refractivity (Wildman–Crippen MR) is 119 cm³/mol. The Kier molecular flexibility index (Phi) is 6.33. The van der Waals surface area contributed by atoms with E-state index < -0.39 is 0 Å². The summed E-state index contributed by atoms with van der Waals surface area (Å²) >= 11 is 1.33. The highest BCUT2D eigenvalue weighted by Crippen LogP contribution is 2.44. The molecule has 3 atom stereocenters. The van der Waals surface area contributed by atoms with Crippen molar-refractivity contribution in [3.05, 3.63) is 59.4 Å². The molecule has 2 fully saturated rings. The van der Waals surface area contributed by atoms with E-state index in [1.54, 1.807) is 12.1 Å². The maximum atomic E-state index is 13.9. The van der Waals surface area contributed by atoms with Gasteiger partial charge in [0, 0.05) is 25.6 Å². The summed E-state index contributed by atoms with van der Waals surface area (Å²) in [5.41, 5.74) is 8.08. The van der Waals surface area contributed by atoms with Crippen LogP contribution in [0.3, 0.4) is 0 Å². The number of aromatic nitrogens is 1. The first-order chi connectivity index (χ1) is 13.1. The van der Waals surface area contributed by atoms with Crippen molar-refractivity contribution in [2.75, 3.05) is 25.4 Å². The molecule has 5 nitrogen and oxygen atoms in total. The van der Waals surface area contributed by atoms with E-state index in [2.05, 4.69) is 10.3 Å². The Bertz CT molecular complexity index is 1050. The van der Waals surface area contributed by atoms with Crippen LogP contribution in [0.2, 0.25) is 0 Å². The maximum absolute atomic E-state index is 13.9. The van der Waals surface area contributed by atoms with Crippen LogP contribution in [0.1, 0.15) is 22.0 Å². The molecule has 9 heteroatoms. The Morgan fingerprint density at radius 1 is 1.21 bits per heavy atom. The standard InChI is InChI=1S/C20H19FN4OS.2ClH/c21-13-4-1-3-11(7-13)17-15-9-23-8-12(15)10-25(17)19(26)14-5-2-6-16-18(14)27-20(22)24-16;;/h1-7,12,15,17,23H,8-10H2,(H2,22,24);2*1H/t12-,15-,17-;;/m0../s1. The Labute approximate surface area is 184 Å². The van der Waals surface area contributed by atoms with Gasteiger partial charge in [0.05, 0.1) is 21.8 Å². The number of thiazole rings is 1. The summed E-state index contributed by atoms with van der Waals surface area (Å²) in [6.07, 6.45) is 0. The number of rotatable bonds is 2. The number of halogens is 3. The van der Waals surface area contributed by atoms with Gasteiger partial charge in [-0.1, -0.05) is 29.5 Å². The van der Waals surface area contributed by atoms with Crippen molar-refractivity contribution in [3.8, 4) is 0 Å². The third-order valence-electron chi connectivity index (χ3n) is 5.68. The molecule has 2 aliphatic rings. The summed E-state index contributed by atoms with van der Waals surface area (Å²) in [4.78, 5) is 19.7. The Morgan fingerprint density at radius 3 is 2.79 bits per heavy atom. The molecule has 3 N–H and O–H groups in total. The Hall–Kier alpha value is -1.93. The maximum Gasteiger partial charge on any atom is 0.255 e. The molecule has 0 spiro atoms. The number of hydrogen-bond acceptors (Lipinski definition) is 5. The summed E-state index contributed by atoms with van der Waals surface area (Å²) < 4.78 is 14.7. The Morgan fingerprint density at radius 2 is 2.00 bits per heavy atom. The molecule has 0 aliphatic carbocycles. The van der Waals surface area contributed by atoms with Gasteiger partial charge in [0.15, 0.2) is 5.13 Å². The molecule has 3 heterocycles. The van der Waals surface area contributed by atoms with Crippen LogP contribution in [-0.4, -0.2) is 35.4 Å². The highest BCUT2D eigenvalue weighted by molar-refractivity contribution is 7.22. The zero-order chi connectivity index (χ0) is 18.5. The molecule has 29 heavy (non-hydrogen) atoms. The summed E-state index contributed by atoms with van der Waals surface area (Å²) in [5.74, 6) is 0.369. The van der Waals surface area contributed by atoms with Crippen molar-refractivity contribution in [2.45, 2.75) is 6.04 Å². The fourth-order valence-electron chi connectivity index (χ4n) is 4.54. The molecule has 2 aliphatic heterocycles. The lowest BCUT2D eigenvalue weighted by atomic mass is 9.89. The number of carbonyl (C=O) groups excluding carboxylic acids is 1. The minimum Gasteiger partial charge on any atom is -0.375 e. The van der Waals surface area contributed by atoms with Crippen molar-refractivity contribution in [1.82, 2.24) is 15.2 Å². The fraction of sp³-hybridized carbons (Fsp3) is 0.300. The topological polar surface area (TPSA) is 71.2 Å².